The zero-order chi connectivity index (χ0) is 22.3. The Morgan fingerprint density at radius 3 is 1.10 bits per heavy atom. The molecule has 188 valence electrons. The summed E-state index contributed by atoms with van der Waals surface area (Å²) in [5.74, 6) is 0.0614. The number of hydrogen-bond acceptors (Lipinski definition) is 3. The summed E-state index contributed by atoms with van der Waals surface area (Å²) in [4.78, 5) is 12.4. The second-order valence-corrected chi connectivity index (χ2v) is 13.0. The van der Waals surface area contributed by atoms with E-state index in [9.17, 15) is 4.79 Å². The molecule has 0 saturated heterocycles. The molecule has 0 fully saturated rings. The summed E-state index contributed by atoms with van der Waals surface area (Å²) >= 11 is 0. The largest absolute Gasteiger partial charge is 0.349 e. The summed E-state index contributed by atoms with van der Waals surface area (Å²) in [7, 11) is -1.59. The SMILES string of the molecule is CCCCCCCC[P+](CCCCCCCC)(CCCCCCCC)OC(=O)CC.N. The standard InChI is InChI=1S/C27H56O2P.H3N/c1-5-9-12-15-18-21-24-30(29-27(28)8-4,25-22-19-16-13-10-6-2)26-23-20-17-14-11-7-3;/h5-26H2,1-4H3;1H3/q+1;. The molecule has 0 aliphatic carbocycles. The Bertz CT molecular complexity index is 335. The van der Waals surface area contributed by atoms with Crippen LogP contribution in [0.5, 0.6) is 0 Å². The van der Waals surface area contributed by atoms with Gasteiger partial charge in [-0.3, -0.25) is 0 Å². The van der Waals surface area contributed by atoms with Crippen molar-refractivity contribution in [2.75, 3.05) is 18.5 Å². The lowest BCUT2D eigenvalue weighted by Gasteiger charge is -2.26. The fraction of sp³-hybridized carbons (Fsp3) is 0.963. The minimum absolute atomic E-state index is 0. The molecular weight excluding hydrogens is 401 g/mol. The van der Waals surface area contributed by atoms with E-state index in [0.29, 0.717) is 6.42 Å². The second-order valence-electron chi connectivity index (χ2n) is 9.35. The van der Waals surface area contributed by atoms with Gasteiger partial charge >= 0.3 is 5.97 Å². The molecule has 0 aliphatic heterocycles. The van der Waals surface area contributed by atoms with Crippen molar-refractivity contribution in [3.8, 4) is 0 Å². The highest BCUT2D eigenvalue weighted by Crippen LogP contribution is 2.62. The van der Waals surface area contributed by atoms with E-state index >= 15 is 0 Å². The molecule has 0 heterocycles. The molecule has 0 radical (unpaired) electrons. The first-order chi connectivity index (χ1) is 14.6. The zero-order valence-corrected chi connectivity index (χ0v) is 22.9. The Morgan fingerprint density at radius 2 is 0.806 bits per heavy atom. The highest BCUT2D eigenvalue weighted by atomic mass is 31.2. The van der Waals surface area contributed by atoms with Gasteiger partial charge in [0.2, 0.25) is 0 Å². The van der Waals surface area contributed by atoms with Crippen LogP contribution in [-0.4, -0.2) is 24.5 Å². The van der Waals surface area contributed by atoms with Crippen LogP contribution in [0.1, 0.15) is 150 Å². The quantitative estimate of drug-likeness (QED) is 0.122. The number of carbonyl (C=O) groups is 1. The lowest BCUT2D eigenvalue weighted by Crippen LogP contribution is -2.16. The maximum Gasteiger partial charge on any atom is 0.349 e. The first-order valence-electron chi connectivity index (χ1n) is 13.7. The third-order valence-corrected chi connectivity index (χ3v) is 10.3. The van der Waals surface area contributed by atoms with Crippen LogP contribution >= 0.6 is 7.49 Å². The maximum absolute atomic E-state index is 12.4. The van der Waals surface area contributed by atoms with Crippen molar-refractivity contribution in [1.82, 2.24) is 6.15 Å². The molecule has 0 aliphatic rings. The summed E-state index contributed by atoms with van der Waals surface area (Å²) in [6.45, 7) is 8.79. The number of hydrogen-bond donors (Lipinski definition) is 1. The smallest absolute Gasteiger partial charge is 0.344 e. The average molecular weight is 461 g/mol. The van der Waals surface area contributed by atoms with Gasteiger partial charge in [-0.05, 0) is 38.5 Å². The van der Waals surface area contributed by atoms with Crippen LogP contribution in [0.4, 0.5) is 0 Å². The van der Waals surface area contributed by atoms with E-state index < -0.39 is 7.49 Å². The topological polar surface area (TPSA) is 61.3 Å². The molecule has 0 aromatic heterocycles. The Hall–Kier alpha value is -0.140. The van der Waals surface area contributed by atoms with E-state index in [1.807, 2.05) is 6.92 Å². The molecule has 4 heteroatoms. The number of carbonyl (C=O) groups excluding carboxylic acids is 1. The fourth-order valence-corrected chi connectivity index (χ4v) is 8.20. The molecule has 0 rings (SSSR count). The minimum Gasteiger partial charge on any atom is -0.344 e. The van der Waals surface area contributed by atoms with Crippen LogP contribution in [0, 0.1) is 0 Å². The molecule has 31 heavy (non-hydrogen) atoms. The Kier molecular flexibility index (Phi) is 26.1. The summed E-state index contributed by atoms with van der Waals surface area (Å²) < 4.78 is 6.34. The van der Waals surface area contributed by atoms with Gasteiger partial charge in [-0.25, -0.2) is 4.79 Å². The highest BCUT2D eigenvalue weighted by molar-refractivity contribution is 7.71. The van der Waals surface area contributed by atoms with Gasteiger partial charge in [0.1, 0.15) is 0 Å². The van der Waals surface area contributed by atoms with Crippen LogP contribution in [0.3, 0.4) is 0 Å². The van der Waals surface area contributed by atoms with Crippen molar-refractivity contribution in [2.24, 2.45) is 0 Å². The van der Waals surface area contributed by atoms with Gasteiger partial charge in [0.15, 0.2) is 7.49 Å². The molecule has 0 atom stereocenters. The molecular formula is C27H59NO2P+. The Balaban J connectivity index is 0. The first kappa shape index (κ1) is 33.0. The van der Waals surface area contributed by atoms with E-state index in [1.54, 1.807) is 0 Å². The van der Waals surface area contributed by atoms with Crippen molar-refractivity contribution in [1.29, 1.82) is 0 Å². The monoisotopic (exact) mass is 460 g/mol. The van der Waals surface area contributed by atoms with Crippen LogP contribution in [-0.2, 0) is 9.32 Å². The van der Waals surface area contributed by atoms with Crippen molar-refractivity contribution in [3.63, 3.8) is 0 Å². The molecule has 0 amide bonds. The molecule has 0 bridgehead atoms. The van der Waals surface area contributed by atoms with Gasteiger partial charge in [-0.15, -0.1) is 0 Å². The summed E-state index contributed by atoms with van der Waals surface area (Å²) in [5.41, 5.74) is 0. The van der Waals surface area contributed by atoms with Crippen molar-refractivity contribution in [2.45, 2.75) is 150 Å². The Morgan fingerprint density at radius 1 is 0.516 bits per heavy atom. The summed E-state index contributed by atoms with van der Waals surface area (Å²) in [5, 5.41) is 0. The third kappa shape index (κ3) is 20.2. The van der Waals surface area contributed by atoms with Crippen LogP contribution in [0.2, 0.25) is 0 Å². The second kappa shape index (κ2) is 24.5. The lowest BCUT2D eigenvalue weighted by atomic mass is 10.1. The fourth-order valence-electron chi connectivity index (χ4n) is 4.29. The molecule has 0 saturated carbocycles. The van der Waals surface area contributed by atoms with E-state index in [0.717, 1.165) is 0 Å². The van der Waals surface area contributed by atoms with E-state index in [1.165, 1.54) is 134 Å². The molecule has 3 N–H and O–H groups in total. The van der Waals surface area contributed by atoms with Gasteiger partial charge in [0.05, 0.1) is 18.5 Å². The van der Waals surface area contributed by atoms with Gasteiger partial charge < -0.3 is 10.7 Å². The van der Waals surface area contributed by atoms with Gasteiger partial charge in [-0.1, -0.05) is 105 Å². The predicted octanol–water partition coefficient (Wildman–Crippen LogP) is 10.1. The van der Waals surface area contributed by atoms with Crippen LogP contribution in [0.15, 0.2) is 0 Å². The van der Waals surface area contributed by atoms with E-state index in [2.05, 4.69) is 20.8 Å². The van der Waals surface area contributed by atoms with E-state index in [4.69, 9.17) is 4.52 Å². The summed E-state index contributed by atoms with van der Waals surface area (Å²) in [6.07, 6.45) is 28.0. The third-order valence-electron chi connectivity index (χ3n) is 6.34. The van der Waals surface area contributed by atoms with Gasteiger partial charge in [0.25, 0.3) is 0 Å². The maximum atomic E-state index is 12.4. The number of unbranched alkanes of at least 4 members (excludes halogenated alkanes) is 15. The Labute approximate surface area is 197 Å². The normalized spacial score (nSPS) is 11.4. The molecule has 0 unspecified atom stereocenters. The van der Waals surface area contributed by atoms with Crippen LogP contribution in [0.25, 0.3) is 0 Å². The van der Waals surface area contributed by atoms with Crippen molar-refractivity contribution < 1.29 is 9.32 Å². The molecule has 3 nitrogen and oxygen atoms in total. The van der Waals surface area contributed by atoms with E-state index in [-0.39, 0.29) is 12.1 Å². The van der Waals surface area contributed by atoms with Crippen molar-refractivity contribution in [3.05, 3.63) is 0 Å². The molecule has 0 aromatic rings. The summed E-state index contributed by atoms with van der Waals surface area (Å²) in [6, 6.07) is 0. The molecule has 0 spiro atoms. The highest BCUT2D eigenvalue weighted by Gasteiger charge is 2.40. The minimum atomic E-state index is -1.59. The first-order valence-corrected chi connectivity index (χ1v) is 16.0. The number of rotatable bonds is 23. The molecule has 0 aromatic carbocycles. The lowest BCUT2D eigenvalue weighted by molar-refractivity contribution is -0.133. The van der Waals surface area contributed by atoms with Gasteiger partial charge in [0, 0.05) is 6.42 Å². The van der Waals surface area contributed by atoms with Crippen LogP contribution < -0.4 is 6.15 Å². The predicted molar refractivity (Wildman–Crippen MR) is 143 cm³/mol. The average Bonchev–Trinajstić information content (AvgIpc) is 2.75. The van der Waals surface area contributed by atoms with Crippen molar-refractivity contribution >= 4 is 13.5 Å². The van der Waals surface area contributed by atoms with Gasteiger partial charge in [-0.2, -0.15) is 0 Å². The zero-order valence-electron chi connectivity index (χ0n) is 22.0.